The van der Waals surface area contributed by atoms with E-state index in [1.165, 1.54) is 6.20 Å². The fourth-order valence-electron chi connectivity index (χ4n) is 0.922. The van der Waals surface area contributed by atoms with Crippen molar-refractivity contribution >= 4 is 38.7 Å². The average Bonchev–Trinajstić information content (AvgIpc) is 2.17. The van der Waals surface area contributed by atoms with Crippen LogP contribution in [0.1, 0.15) is 6.92 Å². The molecule has 0 fully saturated rings. The highest BCUT2D eigenvalue weighted by molar-refractivity contribution is 6.36. The number of nitrogens with zero attached hydrogens (tertiary/aromatic N) is 2. The lowest BCUT2D eigenvalue weighted by Gasteiger charge is -2.08. The van der Waals surface area contributed by atoms with Crippen molar-refractivity contribution in [2.45, 2.75) is 6.92 Å². The predicted molar refractivity (Wildman–Crippen MR) is 57.9 cm³/mol. The highest BCUT2D eigenvalue weighted by Crippen LogP contribution is 1.91. The Morgan fingerprint density at radius 2 is 2.33 bits per heavy atom. The van der Waals surface area contributed by atoms with Gasteiger partial charge in [0.2, 0.25) is 0 Å². The number of aromatic nitrogens is 2. The van der Waals surface area contributed by atoms with Crippen LogP contribution in [0, 0.1) is 0 Å². The van der Waals surface area contributed by atoms with Crippen molar-refractivity contribution in [3.63, 3.8) is 0 Å². The number of rotatable bonds is 4. The number of nitrogens with one attached hydrogen (secondary N) is 1. The predicted octanol–water partition coefficient (Wildman–Crippen LogP) is -1.96. The van der Waals surface area contributed by atoms with E-state index in [0.717, 1.165) is 0 Å². The molecule has 0 bridgehead atoms. The molecule has 0 atom stereocenters. The molecule has 0 aliphatic rings. The zero-order valence-corrected chi connectivity index (χ0v) is 8.36. The first-order chi connectivity index (χ1) is 7.13. The first-order valence-corrected chi connectivity index (χ1v) is 4.41. The van der Waals surface area contributed by atoms with Gasteiger partial charge in [-0.3, -0.25) is 9.78 Å². The van der Waals surface area contributed by atoms with Crippen LogP contribution >= 0.6 is 0 Å². The summed E-state index contributed by atoms with van der Waals surface area (Å²) in [6.45, 7) is 2.06. The number of carbonyl (C=O) groups is 1. The van der Waals surface area contributed by atoms with Gasteiger partial charge >= 0.3 is 5.97 Å². The lowest BCUT2D eigenvalue weighted by Crippen LogP contribution is -2.28. The molecule has 4 radical (unpaired) electrons. The van der Waals surface area contributed by atoms with Crippen molar-refractivity contribution in [3.05, 3.63) is 6.20 Å². The summed E-state index contributed by atoms with van der Waals surface area (Å²) in [6.07, 6.45) is 1.35. The molecule has 0 aliphatic heterocycles. The highest BCUT2D eigenvalue weighted by atomic mass is 16.5. The Kier molecular flexibility index (Phi) is 4.15. The second-order valence-electron chi connectivity index (χ2n) is 2.69. The standard InChI is InChI=1S/C8H9B2N3O2/c1-2-15-6(14)4-12-8-7(10)13-5(9)3-11-8/h3H,2,4H2,1H3,(H,11,12). The molecule has 0 aliphatic carbocycles. The Bertz CT molecular complexity index is 360. The second-order valence-corrected chi connectivity index (χ2v) is 2.69. The Morgan fingerprint density at radius 3 is 2.93 bits per heavy atom. The molecule has 0 saturated heterocycles. The molecule has 0 saturated carbocycles. The molecule has 1 N–H and O–H groups in total. The molecule has 15 heavy (non-hydrogen) atoms. The molecular formula is C8H9B2N3O2. The van der Waals surface area contributed by atoms with E-state index in [2.05, 4.69) is 15.3 Å². The van der Waals surface area contributed by atoms with E-state index in [1.807, 2.05) is 0 Å². The minimum absolute atomic E-state index is 0.00334. The fraction of sp³-hybridized carbons (Fsp3) is 0.375. The van der Waals surface area contributed by atoms with Crippen molar-refractivity contribution in [2.75, 3.05) is 18.5 Å². The molecular weight excluding hydrogens is 192 g/mol. The van der Waals surface area contributed by atoms with Gasteiger partial charge in [-0.1, -0.05) is 0 Å². The molecule has 5 nitrogen and oxygen atoms in total. The van der Waals surface area contributed by atoms with Crippen molar-refractivity contribution in [1.82, 2.24) is 9.97 Å². The third-order valence-electron chi connectivity index (χ3n) is 1.52. The summed E-state index contributed by atoms with van der Waals surface area (Å²) in [7, 11) is 10.9. The summed E-state index contributed by atoms with van der Waals surface area (Å²) in [4.78, 5) is 18.7. The van der Waals surface area contributed by atoms with E-state index in [4.69, 9.17) is 20.4 Å². The number of esters is 1. The Labute approximate surface area is 90.5 Å². The minimum atomic E-state index is -0.379. The molecule has 1 aromatic heterocycles. The van der Waals surface area contributed by atoms with Crippen LogP contribution in [0.2, 0.25) is 0 Å². The third-order valence-corrected chi connectivity index (χ3v) is 1.52. The van der Waals surface area contributed by atoms with Crippen molar-refractivity contribution in [1.29, 1.82) is 0 Å². The Hall–Kier alpha value is -1.52. The normalized spacial score (nSPS) is 9.67. The first kappa shape index (κ1) is 11.6. The van der Waals surface area contributed by atoms with E-state index in [1.54, 1.807) is 6.92 Å². The SMILES string of the molecule is [B]c1cnc(NCC(=O)OCC)c([B])n1. The first-order valence-electron chi connectivity index (χ1n) is 4.41. The van der Waals surface area contributed by atoms with Gasteiger partial charge in [0.05, 0.1) is 6.61 Å². The summed E-state index contributed by atoms with van der Waals surface area (Å²) in [5.41, 5.74) is 0.383. The number of hydrogen-bond acceptors (Lipinski definition) is 5. The molecule has 0 spiro atoms. The van der Waals surface area contributed by atoms with Gasteiger partial charge in [0.25, 0.3) is 0 Å². The topological polar surface area (TPSA) is 64.1 Å². The van der Waals surface area contributed by atoms with Crippen LogP contribution in [0.4, 0.5) is 5.82 Å². The van der Waals surface area contributed by atoms with Crippen LogP contribution in [-0.2, 0) is 9.53 Å². The molecule has 1 aromatic rings. The zero-order chi connectivity index (χ0) is 11.3. The van der Waals surface area contributed by atoms with Gasteiger partial charge in [0, 0.05) is 17.4 Å². The smallest absolute Gasteiger partial charge is 0.325 e. The van der Waals surface area contributed by atoms with E-state index >= 15 is 0 Å². The van der Waals surface area contributed by atoms with Crippen LogP contribution in [0.3, 0.4) is 0 Å². The summed E-state index contributed by atoms with van der Waals surface area (Å²) in [5.74, 6) is -0.0622. The van der Waals surface area contributed by atoms with E-state index in [-0.39, 0.29) is 23.7 Å². The Morgan fingerprint density at radius 1 is 1.60 bits per heavy atom. The fourth-order valence-corrected chi connectivity index (χ4v) is 0.922. The maximum atomic E-state index is 11.0. The quantitative estimate of drug-likeness (QED) is 0.452. The van der Waals surface area contributed by atoms with Crippen LogP contribution in [-0.4, -0.2) is 44.8 Å². The van der Waals surface area contributed by atoms with Crippen LogP contribution in [0.5, 0.6) is 0 Å². The molecule has 0 unspecified atom stereocenters. The molecule has 0 amide bonds. The minimum Gasteiger partial charge on any atom is -0.465 e. The van der Waals surface area contributed by atoms with Crippen molar-refractivity contribution < 1.29 is 9.53 Å². The van der Waals surface area contributed by atoms with Crippen LogP contribution in [0.15, 0.2) is 6.20 Å². The maximum Gasteiger partial charge on any atom is 0.325 e. The van der Waals surface area contributed by atoms with Gasteiger partial charge in [-0.05, 0) is 6.92 Å². The van der Waals surface area contributed by atoms with Gasteiger partial charge in [-0.2, -0.15) is 0 Å². The summed E-state index contributed by atoms with van der Waals surface area (Å²) in [5, 5.41) is 2.70. The number of hydrogen-bond donors (Lipinski definition) is 1. The van der Waals surface area contributed by atoms with Gasteiger partial charge in [-0.15, -0.1) is 0 Å². The number of anilines is 1. The van der Waals surface area contributed by atoms with Crippen LogP contribution < -0.4 is 16.5 Å². The molecule has 7 heteroatoms. The lowest BCUT2D eigenvalue weighted by molar-refractivity contribution is -0.140. The second kappa shape index (κ2) is 5.38. The summed E-state index contributed by atoms with van der Waals surface area (Å²) < 4.78 is 4.71. The summed E-state index contributed by atoms with van der Waals surface area (Å²) in [6, 6.07) is 0. The molecule has 1 rings (SSSR count). The van der Waals surface area contributed by atoms with Gasteiger partial charge < -0.3 is 10.1 Å². The maximum absolute atomic E-state index is 11.0. The van der Waals surface area contributed by atoms with Gasteiger partial charge in [-0.25, -0.2) is 4.98 Å². The van der Waals surface area contributed by atoms with E-state index < -0.39 is 0 Å². The monoisotopic (exact) mass is 201 g/mol. The van der Waals surface area contributed by atoms with Crippen molar-refractivity contribution in [2.24, 2.45) is 0 Å². The lowest BCUT2D eigenvalue weighted by atomic mass is 10.0. The van der Waals surface area contributed by atoms with Gasteiger partial charge in [0.15, 0.2) is 0 Å². The molecule has 1 heterocycles. The number of carbonyl (C=O) groups excluding carboxylic acids is 1. The largest absolute Gasteiger partial charge is 0.465 e. The molecule has 0 aromatic carbocycles. The van der Waals surface area contributed by atoms with Crippen molar-refractivity contribution in [3.8, 4) is 0 Å². The average molecular weight is 201 g/mol. The zero-order valence-electron chi connectivity index (χ0n) is 8.36. The van der Waals surface area contributed by atoms with E-state index in [9.17, 15) is 4.79 Å². The van der Waals surface area contributed by atoms with Gasteiger partial charge in [0.1, 0.15) is 28.1 Å². The third kappa shape index (κ3) is 3.61. The Balaban J connectivity index is 2.54. The highest BCUT2D eigenvalue weighted by Gasteiger charge is 2.04. The number of ether oxygens (including phenoxy) is 1. The summed E-state index contributed by atoms with van der Waals surface area (Å²) >= 11 is 0. The van der Waals surface area contributed by atoms with Crippen LogP contribution in [0.25, 0.3) is 0 Å². The van der Waals surface area contributed by atoms with E-state index in [0.29, 0.717) is 12.4 Å². The molecule has 74 valence electrons.